The number of carbonyl (C=O) groups is 2. The molecule has 1 saturated heterocycles. The first-order valence-electron chi connectivity index (χ1n) is 6.94. The van der Waals surface area contributed by atoms with Gasteiger partial charge in [-0.05, 0) is 24.7 Å². The Kier molecular flexibility index (Phi) is 6.34. The zero-order valence-electron chi connectivity index (χ0n) is 11.8. The molecule has 0 atom stereocenters. The highest BCUT2D eigenvalue weighted by atomic mass is 16.2. The lowest BCUT2D eigenvalue weighted by molar-refractivity contribution is -0.133. The molecular weight excluding hydrogens is 242 g/mol. The lowest BCUT2D eigenvalue weighted by Gasteiger charge is -2.32. The first kappa shape index (κ1) is 15.5. The average Bonchev–Trinajstić information content (AvgIpc) is 2.36. The van der Waals surface area contributed by atoms with Gasteiger partial charge in [0, 0.05) is 26.1 Å². The van der Waals surface area contributed by atoms with Crippen molar-refractivity contribution in [3.63, 3.8) is 0 Å². The SMILES string of the molecule is CC(C)CC(=O)N1CCC(CNC(=O)CC#N)CC1. The van der Waals surface area contributed by atoms with Crippen LogP contribution in [0.4, 0.5) is 0 Å². The quantitative estimate of drug-likeness (QED) is 0.814. The summed E-state index contributed by atoms with van der Waals surface area (Å²) in [6.07, 6.45) is 2.39. The van der Waals surface area contributed by atoms with Crippen LogP contribution in [-0.4, -0.2) is 36.3 Å². The summed E-state index contributed by atoms with van der Waals surface area (Å²) < 4.78 is 0. The Morgan fingerprint density at radius 2 is 2.00 bits per heavy atom. The van der Waals surface area contributed by atoms with E-state index in [1.165, 1.54) is 0 Å². The van der Waals surface area contributed by atoms with E-state index in [2.05, 4.69) is 19.2 Å². The normalized spacial score (nSPS) is 16.2. The van der Waals surface area contributed by atoms with Crippen molar-refractivity contribution in [1.82, 2.24) is 10.2 Å². The van der Waals surface area contributed by atoms with Crippen LogP contribution in [-0.2, 0) is 9.59 Å². The number of likely N-dealkylation sites (tertiary alicyclic amines) is 1. The van der Waals surface area contributed by atoms with Gasteiger partial charge in [0.2, 0.25) is 11.8 Å². The topological polar surface area (TPSA) is 73.2 Å². The number of hydrogen-bond acceptors (Lipinski definition) is 3. The fraction of sp³-hybridized carbons (Fsp3) is 0.786. The van der Waals surface area contributed by atoms with Crippen molar-refractivity contribution >= 4 is 11.8 Å². The Bertz CT molecular complexity index is 352. The fourth-order valence-corrected chi connectivity index (χ4v) is 2.26. The molecule has 1 heterocycles. The number of piperidine rings is 1. The second-order valence-corrected chi connectivity index (χ2v) is 5.56. The summed E-state index contributed by atoms with van der Waals surface area (Å²) in [5, 5.41) is 11.2. The summed E-state index contributed by atoms with van der Waals surface area (Å²) >= 11 is 0. The predicted molar refractivity (Wildman–Crippen MR) is 72.0 cm³/mol. The van der Waals surface area contributed by atoms with E-state index in [9.17, 15) is 9.59 Å². The highest BCUT2D eigenvalue weighted by Crippen LogP contribution is 2.18. The standard InChI is InChI=1S/C14H23N3O2/c1-11(2)9-14(19)17-7-4-12(5-8-17)10-16-13(18)3-6-15/h11-12H,3-5,7-10H2,1-2H3,(H,16,18). The predicted octanol–water partition coefficient (Wildman–Crippen LogP) is 1.30. The highest BCUT2D eigenvalue weighted by Gasteiger charge is 2.23. The van der Waals surface area contributed by atoms with Crippen LogP contribution in [0.25, 0.3) is 0 Å². The van der Waals surface area contributed by atoms with Crippen LogP contribution in [0.3, 0.4) is 0 Å². The van der Waals surface area contributed by atoms with Crippen molar-refractivity contribution in [2.24, 2.45) is 11.8 Å². The Labute approximate surface area is 115 Å². The monoisotopic (exact) mass is 265 g/mol. The van der Waals surface area contributed by atoms with Gasteiger partial charge < -0.3 is 10.2 Å². The number of carbonyl (C=O) groups excluding carboxylic acids is 2. The molecule has 0 unspecified atom stereocenters. The molecule has 2 amide bonds. The molecule has 19 heavy (non-hydrogen) atoms. The highest BCUT2D eigenvalue weighted by molar-refractivity contribution is 5.78. The fourth-order valence-electron chi connectivity index (χ4n) is 2.26. The molecule has 0 aromatic heterocycles. The lowest BCUT2D eigenvalue weighted by atomic mass is 9.96. The molecule has 0 aliphatic carbocycles. The number of nitrogens with zero attached hydrogens (tertiary/aromatic N) is 2. The molecule has 5 nitrogen and oxygen atoms in total. The summed E-state index contributed by atoms with van der Waals surface area (Å²) in [5.41, 5.74) is 0. The van der Waals surface area contributed by atoms with E-state index in [0.29, 0.717) is 24.8 Å². The second kappa shape index (κ2) is 7.78. The maximum absolute atomic E-state index is 11.9. The van der Waals surface area contributed by atoms with Gasteiger partial charge in [0.15, 0.2) is 0 Å². The van der Waals surface area contributed by atoms with Gasteiger partial charge in [0.1, 0.15) is 6.42 Å². The van der Waals surface area contributed by atoms with Gasteiger partial charge in [-0.15, -0.1) is 0 Å². The van der Waals surface area contributed by atoms with Crippen LogP contribution < -0.4 is 5.32 Å². The van der Waals surface area contributed by atoms with Crippen LogP contribution >= 0.6 is 0 Å². The smallest absolute Gasteiger partial charge is 0.234 e. The molecule has 0 saturated carbocycles. The van der Waals surface area contributed by atoms with E-state index >= 15 is 0 Å². The summed E-state index contributed by atoms with van der Waals surface area (Å²) in [6.45, 7) is 6.28. The van der Waals surface area contributed by atoms with Gasteiger partial charge in [-0.2, -0.15) is 5.26 Å². The lowest BCUT2D eigenvalue weighted by Crippen LogP contribution is -2.41. The van der Waals surface area contributed by atoms with Crippen LogP contribution in [0.2, 0.25) is 0 Å². The molecular formula is C14H23N3O2. The molecule has 1 aliphatic rings. The Balaban J connectivity index is 2.24. The summed E-state index contributed by atoms with van der Waals surface area (Å²) in [5.74, 6) is 0.851. The first-order valence-corrected chi connectivity index (χ1v) is 6.94. The Morgan fingerprint density at radius 1 is 1.37 bits per heavy atom. The van der Waals surface area contributed by atoms with E-state index in [1.807, 2.05) is 11.0 Å². The van der Waals surface area contributed by atoms with Gasteiger partial charge in [0.05, 0.1) is 6.07 Å². The maximum atomic E-state index is 11.9. The number of hydrogen-bond donors (Lipinski definition) is 1. The molecule has 1 fully saturated rings. The van der Waals surface area contributed by atoms with Crippen molar-refractivity contribution in [3.05, 3.63) is 0 Å². The molecule has 0 bridgehead atoms. The summed E-state index contributed by atoms with van der Waals surface area (Å²) in [6, 6.07) is 1.83. The third-order valence-corrected chi connectivity index (χ3v) is 3.38. The summed E-state index contributed by atoms with van der Waals surface area (Å²) in [4.78, 5) is 25.0. The third kappa shape index (κ3) is 5.73. The summed E-state index contributed by atoms with van der Waals surface area (Å²) in [7, 11) is 0. The molecule has 1 N–H and O–H groups in total. The Hall–Kier alpha value is -1.57. The average molecular weight is 265 g/mol. The van der Waals surface area contributed by atoms with Gasteiger partial charge in [0.25, 0.3) is 0 Å². The van der Waals surface area contributed by atoms with E-state index in [-0.39, 0.29) is 18.2 Å². The van der Waals surface area contributed by atoms with Gasteiger partial charge in [-0.1, -0.05) is 13.8 Å². The largest absolute Gasteiger partial charge is 0.355 e. The molecule has 0 spiro atoms. The number of nitrogens with one attached hydrogen (secondary N) is 1. The number of amides is 2. The van der Waals surface area contributed by atoms with Crippen molar-refractivity contribution in [2.45, 2.75) is 39.5 Å². The van der Waals surface area contributed by atoms with Crippen molar-refractivity contribution < 1.29 is 9.59 Å². The molecule has 0 radical (unpaired) electrons. The maximum Gasteiger partial charge on any atom is 0.234 e. The molecule has 106 valence electrons. The van der Waals surface area contributed by atoms with Crippen LogP contribution in [0, 0.1) is 23.2 Å². The van der Waals surface area contributed by atoms with E-state index < -0.39 is 0 Å². The number of rotatable bonds is 5. The van der Waals surface area contributed by atoms with Crippen molar-refractivity contribution in [3.8, 4) is 6.07 Å². The van der Waals surface area contributed by atoms with Crippen molar-refractivity contribution in [1.29, 1.82) is 5.26 Å². The second-order valence-electron chi connectivity index (χ2n) is 5.56. The minimum atomic E-state index is -0.208. The Morgan fingerprint density at radius 3 is 2.53 bits per heavy atom. The van der Waals surface area contributed by atoms with Crippen LogP contribution in [0.5, 0.6) is 0 Å². The molecule has 0 aromatic rings. The number of nitriles is 1. The third-order valence-electron chi connectivity index (χ3n) is 3.38. The van der Waals surface area contributed by atoms with E-state index in [1.54, 1.807) is 0 Å². The van der Waals surface area contributed by atoms with Crippen LogP contribution in [0.1, 0.15) is 39.5 Å². The van der Waals surface area contributed by atoms with Gasteiger partial charge in [-0.25, -0.2) is 0 Å². The van der Waals surface area contributed by atoms with E-state index in [4.69, 9.17) is 5.26 Å². The molecule has 5 heteroatoms. The molecule has 0 aromatic carbocycles. The van der Waals surface area contributed by atoms with Gasteiger partial charge in [-0.3, -0.25) is 9.59 Å². The zero-order chi connectivity index (χ0) is 14.3. The minimum absolute atomic E-state index is 0.0777. The molecule has 1 rings (SSSR count). The zero-order valence-corrected chi connectivity index (χ0v) is 11.8. The van der Waals surface area contributed by atoms with Crippen LogP contribution in [0.15, 0.2) is 0 Å². The van der Waals surface area contributed by atoms with Crippen molar-refractivity contribution in [2.75, 3.05) is 19.6 Å². The van der Waals surface area contributed by atoms with E-state index in [0.717, 1.165) is 25.9 Å². The van der Waals surface area contributed by atoms with Gasteiger partial charge >= 0.3 is 0 Å². The first-order chi connectivity index (χ1) is 9.02. The molecule has 1 aliphatic heterocycles. The minimum Gasteiger partial charge on any atom is -0.355 e.